The van der Waals surface area contributed by atoms with E-state index in [4.69, 9.17) is 4.74 Å². The second kappa shape index (κ2) is 4.79. The molecule has 0 saturated heterocycles. The van der Waals surface area contributed by atoms with E-state index in [1.54, 1.807) is 0 Å². The van der Waals surface area contributed by atoms with Crippen molar-refractivity contribution < 1.29 is 31.5 Å². The largest absolute Gasteiger partial charge is 0.456 e. The van der Waals surface area contributed by atoms with Crippen molar-refractivity contribution in [2.24, 2.45) is 0 Å². The van der Waals surface area contributed by atoms with Crippen LogP contribution in [0, 0.1) is 11.6 Å². The van der Waals surface area contributed by atoms with E-state index in [-0.39, 0.29) is 12.1 Å². The fourth-order valence-corrected chi connectivity index (χ4v) is 1.25. The van der Waals surface area contributed by atoms with E-state index in [0.717, 1.165) is 0 Å². The fourth-order valence-electron chi connectivity index (χ4n) is 1.25. The van der Waals surface area contributed by atoms with Gasteiger partial charge in [0.2, 0.25) is 0 Å². The van der Waals surface area contributed by atoms with Gasteiger partial charge >= 0.3 is 12.1 Å². The second-order valence-corrected chi connectivity index (χ2v) is 4.81. The zero-order valence-electron chi connectivity index (χ0n) is 10.4. The molecule has 1 aromatic rings. The molecule has 0 amide bonds. The molecule has 0 radical (unpaired) electrons. The molecule has 0 aromatic heterocycles. The van der Waals surface area contributed by atoms with E-state index >= 15 is 0 Å². The minimum absolute atomic E-state index is 0.0609. The van der Waals surface area contributed by atoms with Crippen molar-refractivity contribution in [1.29, 1.82) is 0 Å². The first-order chi connectivity index (χ1) is 8.42. The lowest BCUT2D eigenvalue weighted by molar-refractivity contribution is -0.140. The van der Waals surface area contributed by atoms with Gasteiger partial charge in [0.1, 0.15) is 17.2 Å². The van der Waals surface area contributed by atoms with E-state index in [0.29, 0.717) is 0 Å². The molecule has 1 aromatic carbocycles. The van der Waals surface area contributed by atoms with Crippen molar-refractivity contribution in [3.05, 3.63) is 34.9 Å². The third kappa shape index (κ3) is 3.90. The quantitative estimate of drug-likeness (QED) is 0.576. The molecule has 0 atom stereocenters. The number of benzene rings is 1. The Bertz CT molecular complexity index is 500. The van der Waals surface area contributed by atoms with E-state index in [1.807, 2.05) is 0 Å². The molecule has 0 heterocycles. The van der Waals surface area contributed by atoms with Crippen LogP contribution in [-0.2, 0) is 10.9 Å². The Morgan fingerprint density at radius 1 is 1.05 bits per heavy atom. The monoisotopic (exact) mass is 282 g/mol. The van der Waals surface area contributed by atoms with Crippen LogP contribution in [-0.4, -0.2) is 11.6 Å². The summed E-state index contributed by atoms with van der Waals surface area (Å²) in [4.78, 5) is 11.5. The number of alkyl halides is 3. The summed E-state index contributed by atoms with van der Waals surface area (Å²) in [6.07, 6.45) is -5.03. The molecule has 0 aliphatic rings. The molecule has 19 heavy (non-hydrogen) atoms. The summed E-state index contributed by atoms with van der Waals surface area (Å²) in [5.74, 6) is -4.43. The average molecular weight is 282 g/mol. The molecule has 0 bridgehead atoms. The van der Waals surface area contributed by atoms with Crippen LogP contribution in [0.1, 0.15) is 36.7 Å². The van der Waals surface area contributed by atoms with Crippen molar-refractivity contribution >= 4 is 5.97 Å². The van der Waals surface area contributed by atoms with Gasteiger partial charge in [-0.25, -0.2) is 13.6 Å². The van der Waals surface area contributed by atoms with E-state index in [9.17, 15) is 26.7 Å². The first-order valence-corrected chi connectivity index (χ1v) is 5.21. The predicted octanol–water partition coefficient (Wildman–Crippen LogP) is 3.94. The lowest BCUT2D eigenvalue weighted by atomic mass is 10.1. The van der Waals surface area contributed by atoms with Crippen molar-refractivity contribution in [3.63, 3.8) is 0 Å². The number of hydrogen-bond donors (Lipinski definition) is 0. The van der Waals surface area contributed by atoms with Gasteiger partial charge in [-0.2, -0.15) is 13.2 Å². The summed E-state index contributed by atoms with van der Waals surface area (Å²) in [6, 6.07) is 0.126. The van der Waals surface area contributed by atoms with Crippen LogP contribution in [0.5, 0.6) is 0 Å². The summed E-state index contributed by atoms with van der Waals surface area (Å²) >= 11 is 0. The van der Waals surface area contributed by atoms with Gasteiger partial charge in [-0.05, 0) is 32.9 Å². The maximum absolute atomic E-state index is 13.4. The molecule has 0 saturated carbocycles. The SMILES string of the molecule is CC(C)(C)OC(=O)c1cc(F)c(C(F)(F)F)cc1F. The first kappa shape index (κ1) is 15.4. The molecule has 0 N–H and O–H groups in total. The standard InChI is InChI=1S/C12H11F5O2/c1-11(2,3)19-10(18)6-4-9(14)7(5-8(6)13)12(15,16)17/h4-5H,1-3H3. The molecule has 0 fully saturated rings. The molecule has 2 nitrogen and oxygen atoms in total. The topological polar surface area (TPSA) is 26.3 Å². The molecule has 0 aliphatic carbocycles. The maximum atomic E-state index is 13.4. The van der Waals surface area contributed by atoms with Crippen LogP contribution in [0.25, 0.3) is 0 Å². The lowest BCUT2D eigenvalue weighted by Gasteiger charge is -2.20. The number of halogens is 5. The zero-order valence-corrected chi connectivity index (χ0v) is 10.4. The number of hydrogen-bond acceptors (Lipinski definition) is 2. The zero-order chi connectivity index (χ0) is 15.0. The predicted molar refractivity (Wildman–Crippen MR) is 56.5 cm³/mol. The Morgan fingerprint density at radius 3 is 2.00 bits per heavy atom. The van der Waals surface area contributed by atoms with Crippen LogP contribution in [0.15, 0.2) is 12.1 Å². The molecule has 0 unspecified atom stereocenters. The number of carbonyl (C=O) groups is 1. The fraction of sp³-hybridized carbons (Fsp3) is 0.417. The van der Waals surface area contributed by atoms with Gasteiger partial charge in [0, 0.05) is 0 Å². The van der Waals surface area contributed by atoms with Gasteiger partial charge in [0.25, 0.3) is 0 Å². The van der Waals surface area contributed by atoms with Crippen molar-refractivity contribution in [3.8, 4) is 0 Å². The van der Waals surface area contributed by atoms with Crippen LogP contribution in [0.3, 0.4) is 0 Å². The summed E-state index contributed by atoms with van der Waals surface area (Å²) in [7, 11) is 0. The lowest BCUT2D eigenvalue weighted by Crippen LogP contribution is -2.25. The van der Waals surface area contributed by atoms with Crippen LogP contribution in [0.2, 0.25) is 0 Å². The summed E-state index contributed by atoms with van der Waals surface area (Å²) < 4.78 is 68.3. The Balaban J connectivity index is 3.20. The second-order valence-electron chi connectivity index (χ2n) is 4.81. The number of ether oxygens (including phenoxy) is 1. The third-order valence-electron chi connectivity index (χ3n) is 1.98. The first-order valence-electron chi connectivity index (χ1n) is 5.21. The number of esters is 1. The Labute approximate surface area is 106 Å². The Kier molecular flexibility index (Phi) is 3.88. The molecule has 7 heteroatoms. The van der Waals surface area contributed by atoms with Crippen molar-refractivity contribution in [2.45, 2.75) is 32.5 Å². The van der Waals surface area contributed by atoms with Gasteiger partial charge in [0.15, 0.2) is 0 Å². The molecule has 0 aliphatic heterocycles. The van der Waals surface area contributed by atoms with E-state index in [1.165, 1.54) is 20.8 Å². The summed E-state index contributed by atoms with van der Waals surface area (Å²) in [6.45, 7) is 4.47. The Hall–Kier alpha value is -1.66. The van der Waals surface area contributed by atoms with Gasteiger partial charge in [-0.15, -0.1) is 0 Å². The third-order valence-corrected chi connectivity index (χ3v) is 1.98. The molecule has 106 valence electrons. The minimum Gasteiger partial charge on any atom is -0.456 e. The Morgan fingerprint density at radius 2 is 1.58 bits per heavy atom. The smallest absolute Gasteiger partial charge is 0.419 e. The van der Waals surface area contributed by atoms with E-state index in [2.05, 4.69) is 0 Å². The van der Waals surface area contributed by atoms with Gasteiger partial charge in [-0.1, -0.05) is 0 Å². The van der Waals surface area contributed by atoms with Crippen molar-refractivity contribution in [2.75, 3.05) is 0 Å². The van der Waals surface area contributed by atoms with Gasteiger partial charge in [0.05, 0.1) is 11.1 Å². The summed E-state index contributed by atoms with van der Waals surface area (Å²) in [5.41, 5.74) is -3.61. The van der Waals surface area contributed by atoms with Crippen LogP contribution < -0.4 is 0 Å². The van der Waals surface area contributed by atoms with Crippen LogP contribution >= 0.6 is 0 Å². The molecular weight excluding hydrogens is 271 g/mol. The van der Waals surface area contributed by atoms with Gasteiger partial charge in [-0.3, -0.25) is 0 Å². The molecule has 1 rings (SSSR count). The summed E-state index contributed by atoms with van der Waals surface area (Å²) in [5, 5.41) is 0. The minimum atomic E-state index is -5.03. The highest BCUT2D eigenvalue weighted by atomic mass is 19.4. The number of carbonyl (C=O) groups excluding carboxylic acids is 1. The van der Waals surface area contributed by atoms with E-state index < -0.39 is 40.5 Å². The highest BCUT2D eigenvalue weighted by Gasteiger charge is 2.36. The molecular formula is C12H11F5O2. The van der Waals surface area contributed by atoms with Crippen LogP contribution in [0.4, 0.5) is 22.0 Å². The number of rotatable bonds is 1. The normalized spacial score (nSPS) is 12.4. The highest BCUT2D eigenvalue weighted by molar-refractivity contribution is 5.90. The average Bonchev–Trinajstić information content (AvgIpc) is 2.16. The maximum Gasteiger partial charge on any atom is 0.419 e. The van der Waals surface area contributed by atoms with Crippen molar-refractivity contribution in [1.82, 2.24) is 0 Å². The molecule has 0 spiro atoms. The van der Waals surface area contributed by atoms with Gasteiger partial charge < -0.3 is 4.74 Å². The highest BCUT2D eigenvalue weighted by Crippen LogP contribution is 2.33.